The van der Waals surface area contributed by atoms with Crippen LogP contribution < -0.4 is 0 Å². The number of hydrogen-bond donors (Lipinski definition) is 0. The zero-order chi connectivity index (χ0) is 20.5. The maximum atomic E-state index is 13.4. The van der Waals surface area contributed by atoms with Gasteiger partial charge in [0.25, 0.3) is 5.91 Å². The van der Waals surface area contributed by atoms with E-state index in [4.69, 9.17) is 11.6 Å². The first-order valence-electron chi connectivity index (χ1n) is 9.22. The molecular formula is C21H21ClN6O. The first-order chi connectivity index (χ1) is 13.9. The van der Waals surface area contributed by atoms with Crippen molar-refractivity contribution in [3.05, 3.63) is 76.5 Å². The molecule has 7 nitrogen and oxygen atoms in total. The van der Waals surface area contributed by atoms with Crippen molar-refractivity contribution < 1.29 is 4.79 Å². The van der Waals surface area contributed by atoms with Gasteiger partial charge in [-0.1, -0.05) is 29.8 Å². The van der Waals surface area contributed by atoms with Gasteiger partial charge in [0.15, 0.2) is 0 Å². The van der Waals surface area contributed by atoms with E-state index < -0.39 is 0 Å². The Labute approximate surface area is 173 Å². The number of nitrogens with zero attached hydrogens (tertiary/aromatic N) is 6. The van der Waals surface area contributed by atoms with Crippen molar-refractivity contribution in [1.29, 1.82) is 0 Å². The van der Waals surface area contributed by atoms with Crippen LogP contribution in [-0.2, 0) is 27.2 Å². The van der Waals surface area contributed by atoms with Crippen LogP contribution in [0.4, 0.5) is 0 Å². The molecule has 1 amide bonds. The summed E-state index contributed by atoms with van der Waals surface area (Å²) >= 11 is 6.30. The molecule has 0 saturated heterocycles. The van der Waals surface area contributed by atoms with Gasteiger partial charge in [-0.3, -0.25) is 19.1 Å². The molecular weight excluding hydrogens is 388 g/mol. The lowest BCUT2D eigenvalue weighted by molar-refractivity contribution is 0.0725. The van der Waals surface area contributed by atoms with Gasteiger partial charge in [0.05, 0.1) is 34.9 Å². The molecule has 0 bridgehead atoms. The van der Waals surface area contributed by atoms with E-state index in [1.165, 1.54) is 0 Å². The van der Waals surface area contributed by atoms with Gasteiger partial charge in [0.2, 0.25) is 0 Å². The Bertz CT molecular complexity index is 1180. The summed E-state index contributed by atoms with van der Waals surface area (Å²) in [4.78, 5) is 19.5. The Morgan fingerprint density at radius 3 is 2.62 bits per heavy atom. The van der Waals surface area contributed by atoms with Crippen LogP contribution in [0.1, 0.15) is 27.4 Å². The van der Waals surface area contributed by atoms with Crippen LogP contribution in [0, 0.1) is 6.92 Å². The Balaban J connectivity index is 1.68. The van der Waals surface area contributed by atoms with Crippen molar-refractivity contribution in [3.8, 4) is 0 Å². The van der Waals surface area contributed by atoms with Crippen molar-refractivity contribution in [1.82, 2.24) is 29.4 Å². The largest absolute Gasteiger partial charge is 0.327 e. The van der Waals surface area contributed by atoms with E-state index in [0.29, 0.717) is 22.8 Å². The number of aromatic nitrogens is 5. The summed E-state index contributed by atoms with van der Waals surface area (Å²) in [6, 6.07) is 11.6. The number of benzene rings is 1. The van der Waals surface area contributed by atoms with Crippen molar-refractivity contribution in [2.45, 2.75) is 20.0 Å². The van der Waals surface area contributed by atoms with Gasteiger partial charge < -0.3 is 4.90 Å². The quantitative estimate of drug-likeness (QED) is 0.506. The third-order valence-corrected chi connectivity index (χ3v) is 5.15. The van der Waals surface area contributed by atoms with E-state index in [0.717, 1.165) is 22.3 Å². The molecule has 4 rings (SSSR count). The molecule has 0 radical (unpaired) electrons. The minimum absolute atomic E-state index is 0.145. The summed E-state index contributed by atoms with van der Waals surface area (Å²) in [5.74, 6) is -0.145. The average Bonchev–Trinajstić information content (AvgIpc) is 3.19. The Morgan fingerprint density at radius 2 is 1.93 bits per heavy atom. The molecule has 0 aliphatic carbocycles. The molecule has 0 spiro atoms. The number of hydrogen-bond acceptors (Lipinski definition) is 4. The fourth-order valence-electron chi connectivity index (χ4n) is 3.27. The highest BCUT2D eigenvalue weighted by atomic mass is 35.5. The van der Waals surface area contributed by atoms with Gasteiger partial charge in [-0.2, -0.15) is 10.2 Å². The SMILES string of the molecule is Cc1cc(CN(Cc2nn(C)cc2Cl)C(=O)c2cnc3ccccc3c2)nn1C. The molecule has 1 aromatic carbocycles. The molecule has 29 heavy (non-hydrogen) atoms. The van der Waals surface area contributed by atoms with E-state index >= 15 is 0 Å². The highest BCUT2D eigenvalue weighted by molar-refractivity contribution is 6.31. The summed E-state index contributed by atoms with van der Waals surface area (Å²) in [6.45, 7) is 2.60. The number of aryl methyl sites for hydroxylation is 3. The lowest BCUT2D eigenvalue weighted by Crippen LogP contribution is -2.30. The van der Waals surface area contributed by atoms with Crippen LogP contribution in [0.15, 0.2) is 48.8 Å². The fourth-order valence-corrected chi connectivity index (χ4v) is 3.51. The van der Waals surface area contributed by atoms with Crippen LogP contribution in [0.25, 0.3) is 10.9 Å². The van der Waals surface area contributed by atoms with Gasteiger partial charge >= 0.3 is 0 Å². The molecule has 0 fully saturated rings. The summed E-state index contributed by atoms with van der Waals surface area (Å²) in [6.07, 6.45) is 3.34. The minimum atomic E-state index is -0.145. The predicted molar refractivity (Wildman–Crippen MR) is 111 cm³/mol. The molecule has 8 heteroatoms. The van der Waals surface area contributed by atoms with E-state index in [2.05, 4.69) is 15.2 Å². The molecule has 0 N–H and O–H groups in total. The monoisotopic (exact) mass is 408 g/mol. The Morgan fingerprint density at radius 1 is 1.14 bits per heavy atom. The Kier molecular flexibility index (Phi) is 5.07. The van der Waals surface area contributed by atoms with Crippen molar-refractivity contribution >= 4 is 28.4 Å². The van der Waals surface area contributed by atoms with Gasteiger partial charge in [-0.25, -0.2) is 0 Å². The summed E-state index contributed by atoms with van der Waals surface area (Å²) in [5.41, 5.74) is 3.84. The molecule has 0 unspecified atom stereocenters. The third-order valence-electron chi connectivity index (χ3n) is 4.84. The highest BCUT2D eigenvalue weighted by Crippen LogP contribution is 2.20. The first-order valence-corrected chi connectivity index (χ1v) is 9.60. The molecule has 0 atom stereocenters. The minimum Gasteiger partial charge on any atom is -0.327 e. The van der Waals surface area contributed by atoms with E-state index in [-0.39, 0.29) is 12.5 Å². The molecule has 3 heterocycles. The molecule has 3 aromatic heterocycles. The second kappa shape index (κ2) is 7.67. The summed E-state index contributed by atoms with van der Waals surface area (Å²) in [7, 11) is 3.69. The maximum absolute atomic E-state index is 13.4. The third kappa shape index (κ3) is 4.00. The average molecular weight is 409 g/mol. The normalized spacial score (nSPS) is 11.2. The number of carbonyl (C=O) groups excluding carboxylic acids is 1. The van der Waals surface area contributed by atoms with E-state index in [1.54, 1.807) is 33.7 Å². The number of pyridine rings is 1. The molecule has 148 valence electrons. The van der Waals surface area contributed by atoms with Crippen LogP contribution in [-0.4, -0.2) is 35.4 Å². The van der Waals surface area contributed by atoms with Crippen LogP contribution in [0.5, 0.6) is 0 Å². The number of fused-ring (bicyclic) bond motifs is 1. The molecule has 4 aromatic rings. The number of amides is 1. The molecule has 0 aliphatic rings. The van der Waals surface area contributed by atoms with Crippen molar-refractivity contribution in [2.24, 2.45) is 14.1 Å². The lowest BCUT2D eigenvalue weighted by Gasteiger charge is -2.21. The van der Waals surface area contributed by atoms with Crippen LogP contribution >= 0.6 is 11.6 Å². The van der Waals surface area contributed by atoms with Crippen molar-refractivity contribution in [3.63, 3.8) is 0 Å². The zero-order valence-electron chi connectivity index (χ0n) is 16.5. The summed E-state index contributed by atoms with van der Waals surface area (Å²) in [5, 5.41) is 10.3. The van der Waals surface area contributed by atoms with Crippen molar-refractivity contribution in [2.75, 3.05) is 0 Å². The lowest BCUT2D eigenvalue weighted by atomic mass is 10.1. The molecule has 0 saturated carbocycles. The second-order valence-electron chi connectivity index (χ2n) is 7.08. The van der Waals surface area contributed by atoms with Gasteiger partial charge in [-0.15, -0.1) is 0 Å². The van der Waals surface area contributed by atoms with Crippen LogP contribution in [0.3, 0.4) is 0 Å². The predicted octanol–water partition coefficient (Wildman–Crippen LogP) is 3.51. The van der Waals surface area contributed by atoms with Gasteiger partial charge in [0.1, 0.15) is 5.69 Å². The van der Waals surface area contributed by atoms with E-state index in [1.807, 2.05) is 50.4 Å². The number of carbonyl (C=O) groups is 1. The summed E-state index contributed by atoms with van der Waals surface area (Å²) < 4.78 is 3.44. The number of para-hydroxylation sites is 1. The zero-order valence-corrected chi connectivity index (χ0v) is 17.3. The standard InChI is InChI=1S/C21H21ClN6O/c1-14-8-17(24-27(14)3)11-28(13-20-18(22)12-26(2)25-20)21(29)16-9-15-6-4-5-7-19(15)23-10-16/h4-10,12H,11,13H2,1-3H3. The number of halogens is 1. The first kappa shape index (κ1) is 19.1. The topological polar surface area (TPSA) is 68.8 Å². The van der Waals surface area contributed by atoms with E-state index in [9.17, 15) is 4.79 Å². The molecule has 0 aliphatic heterocycles. The smallest absolute Gasteiger partial charge is 0.256 e. The van der Waals surface area contributed by atoms with Gasteiger partial charge in [0, 0.05) is 37.6 Å². The second-order valence-corrected chi connectivity index (χ2v) is 7.48. The Hall–Kier alpha value is -3.19. The van der Waals surface area contributed by atoms with Crippen LogP contribution in [0.2, 0.25) is 5.02 Å². The van der Waals surface area contributed by atoms with Gasteiger partial charge in [-0.05, 0) is 25.1 Å². The maximum Gasteiger partial charge on any atom is 0.256 e. The number of rotatable bonds is 5. The fraction of sp³-hybridized carbons (Fsp3) is 0.238. The highest BCUT2D eigenvalue weighted by Gasteiger charge is 2.21.